The lowest BCUT2D eigenvalue weighted by Gasteiger charge is -2.25. The molecule has 1 fully saturated rings. The van der Waals surface area contributed by atoms with Crippen LogP contribution in [0.5, 0.6) is 0 Å². The van der Waals surface area contributed by atoms with Crippen molar-refractivity contribution >= 4 is 29.3 Å². The summed E-state index contributed by atoms with van der Waals surface area (Å²) in [5, 5.41) is 0.700. The van der Waals surface area contributed by atoms with Crippen LogP contribution in [0.15, 0.2) is 53.6 Å². The molecule has 3 rings (SSSR count). The van der Waals surface area contributed by atoms with Crippen molar-refractivity contribution < 1.29 is 9.53 Å². The zero-order valence-electron chi connectivity index (χ0n) is 13.9. The number of carbonyl (C=O) groups excluding carboxylic acids is 1. The minimum Gasteiger partial charge on any atom is -0.376 e. The molecule has 25 heavy (non-hydrogen) atoms. The summed E-state index contributed by atoms with van der Waals surface area (Å²) in [6.45, 7) is 1.92. The van der Waals surface area contributed by atoms with Crippen LogP contribution < -0.4 is 0 Å². The lowest BCUT2D eigenvalue weighted by Crippen LogP contribution is -2.38. The molecule has 1 saturated heterocycles. The third-order valence-corrected chi connectivity index (χ3v) is 5.30. The maximum Gasteiger partial charge on any atom is 0.233 e. The lowest BCUT2D eigenvalue weighted by atomic mass is 10.2. The van der Waals surface area contributed by atoms with Gasteiger partial charge in [-0.2, -0.15) is 0 Å². The number of carbonyl (C=O) groups is 1. The summed E-state index contributed by atoms with van der Waals surface area (Å²) < 4.78 is 5.71. The summed E-state index contributed by atoms with van der Waals surface area (Å²) in [5.41, 5.74) is 0.894. The van der Waals surface area contributed by atoms with Crippen LogP contribution in [-0.4, -0.2) is 40.8 Å². The van der Waals surface area contributed by atoms with Crippen LogP contribution >= 0.6 is 23.4 Å². The van der Waals surface area contributed by atoms with Gasteiger partial charge in [0.05, 0.1) is 24.1 Å². The summed E-state index contributed by atoms with van der Waals surface area (Å²) >= 11 is 7.43. The number of halogens is 1. The van der Waals surface area contributed by atoms with Crippen molar-refractivity contribution in [2.75, 3.05) is 18.9 Å². The van der Waals surface area contributed by atoms with Crippen molar-refractivity contribution in [3.8, 4) is 0 Å². The smallest absolute Gasteiger partial charge is 0.233 e. The number of amides is 1. The van der Waals surface area contributed by atoms with Gasteiger partial charge in [0.2, 0.25) is 5.91 Å². The molecular formula is C19H21ClN2O2S. The molecule has 0 radical (unpaired) electrons. The summed E-state index contributed by atoms with van der Waals surface area (Å²) in [7, 11) is 0. The van der Waals surface area contributed by atoms with E-state index in [-0.39, 0.29) is 12.0 Å². The Morgan fingerprint density at radius 1 is 1.28 bits per heavy atom. The van der Waals surface area contributed by atoms with Gasteiger partial charge in [-0.25, -0.2) is 0 Å². The fourth-order valence-corrected chi connectivity index (χ4v) is 3.67. The highest BCUT2D eigenvalue weighted by atomic mass is 35.5. The van der Waals surface area contributed by atoms with Crippen molar-refractivity contribution in [2.45, 2.75) is 30.4 Å². The van der Waals surface area contributed by atoms with Crippen molar-refractivity contribution in [3.05, 3.63) is 59.4 Å². The van der Waals surface area contributed by atoms with Crippen molar-refractivity contribution in [2.24, 2.45) is 0 Å². The van der Waals surface area contributed by atoms with Crippen LogP contribution in [0.3, 0.4) is 0 Å². The van der Waals surface area contributed by atoms with Crippen LogP contribution in [0.2, 0.25) is 5.02 Å². The maximum atomic E-state index is 12.8. The monoisotopic (exact) mass is 376 g/mol. The van der Waals surface area contributed by atoms with Gasteiger partial charge in [-0.1, -0.05) is 17.7 Å². The van der Waals surface area contributed by atoms with Crippen LogP contribution in [0, 0.1) is 0 Å². The number of nitrogens with zero attached hydrogens (tertiary/aromatic N) is 2. The van der Waals surface area contributed by atoms with Crippen molar-refractivity contribution in [1.29, 1.82) is 0 Å². The Labute approximate surface area is 157 Å². The highest BCUT2D eigenvalue weighted by molar-refractivity contribution is 8.00. The van der Waals surface area contributed by atoms with Gasteiger partial charge in [-0.3, -0.25) is 9.78 Å². The number of thioether (sulfide) groups is 1. The highest BCUT2D eigenvalue weighted by Crippen LogP contribution is 2.22. The van der Waals surface area contributed by atoms with Crippen LogP contribution in [-0.2, 0) is 16.1 Å². The first-order valence-electron chi connectivity index (χ1n) is 8.38. The van der Waals surface area contributed by atoms with Crippen molar-refractivity contribution in [3.63, 3.8) is 0 Å². The van der Waals surface area contributed by atoms with E-state index in [4.69, 9.17) is 16.3 Å². The standard InChI is InChI=1S/C19H21ClN2O2S/c20-15-6-8-18(9-7-15)25-14-19(23)22(13-17-5-3-11-24-17)12-16-4-1-2-10-21-16/h1-2,4,6-10,17H,3,5,11-14H2. The number of hydrogen-bond donors (Lipinski definition) is 0. The maximum absolute atomic E-state index is 12.8. The first-order valence-corrected chi connectivity index (χ1v) is 9.75. The van der Waals surface area contributed by atoms with E-state index in [1.807, 2.05) is 47.4 Å². The average molecular weight is 377 g/mol. The third kappa shape index (κ3) is 5.73. The Morgan fingerprint density at radius 2 is 2.12 bits per heavy atom. The molecule has 0 bridgehead atoms. The molecule has 6 heteroatoms. The molecule has 1 unspecified atom stereocenters. The van der Waals surface area contributed by atoms with E-state index in [1.165, 1.54) is 11.8 Å². The van der Waals surface area contributed by atoms with Crippen LogP contribution in [0.4, 0.5) is 0 Å². The zero-order valence-corrected chi connectivity index (χ0v) is 15.5. The van der Waals surface area contributed by atoms with Gasteiger partial charge in [0.1, 0.15) is 0 Å². The zero-order chi connectivity index (χ0) is 17.5. The summed E-state index contributed by atoms with van der Waals surface area (Å²) in [5.74, 6) is 0.488. The average Bonchev–Trinajstić information content (AvgIpc) is 3.14. The van der Waals surface area contributed by atoms with Gasteiger partial charge in [0.15, 0.2) is 0 Å². The predicted molar refractivity (Wildman–Crippen MR) is 101 cm³/mol. The van der Waals surface area contributed by atoms with E-state index in [9.17, 15) is 4.79 Å². The topological polar surface area (TPSA) is 42.4 Å². The molecule has 0 aliphatic carbocycles. The van der Waals surface area contributed by atoms with E-state index in [1.54, 1.807) is 6.20 Å². The lowest BCUT2D eigenvalue weighted by molar-refractivity contribution is -0.130. The summed E-state index contributed by atoms with van der Waals surface area (Å²) in [6, 6.07) is 13.3. The Kier molecular flexibility index (Phi) is 6.73. The molecule has 2 aromatic rings. The normalized spacial score (nSPS) is 16.8. The van der Waals surface area contributed by atoms with E-state index in [2.05, 4.69) is 4.98 Å². The number of aromatic nitrogens is 1. The molecule has 4 nitrogen and oxygen atoms in total. The Balaban J connectivity index is 1.62. The molecule has 1 amide bonds. The van der Waals surface area contributed by atoms with E-state index in [0.717, 1.165) is 30.0 Å². The quantitative estimate of drug-likeness (QED) is 0.684. The fraction of sp³-hybridized carbons (Fsp3) is 0.368. The second-order valence-electron chi connectivity index (χ2n) is 5.97. The minimum atomic E-state index is 0.0982. The molecular weight excluding hydrogens is 356 g/mol. The first kappa shape index (κ1) is 18.2. The molecule has 2 heterocycles. The van der Waals surface area contributed by atoms with E-state index in [0.29, 0.717) is 23.9 Å². The molecule has 132 valence electrons. The molecule has 0 saturated carbocycles. The van der Waals surface area contributed by atoms with Gasteiger partial charge < -0.3 is 9.64 Å². The predicted octanol–water partition coefficient (Wildman–Crippen LogP) is 4.03. The Hall–Kier alpha value is -1.56. The molecule has 0 spiro atoms. The van der Waals surface area contributed by atoms with Gasteiger partial charge >= 0.3 is 0 Å². The van der Waals surface area contributed by atoms with Crippen LogP contribution in [0.25, 0.3) is 0 Å². The molecule has 0 N–H and O–H groups in total. The van der Waals surface area contributed by atoms with Crippen LogP contribution in [0.1, 0.15) is 18.5 Å². The SMILES string of the molecule is O=C(CSc1ccc(Cl)cc1)N(Cc1ccccn1)CC1CCCO1. The second-order valence-corrected chi connectivity index (χ2v) is 7.46. The second kappa shape index (κ2) is 9.22. The summed E-state index contributed by atoms with van der Waals surface area (Å²) in [4.78, 5) is 20.0. The van der Waals surface area contributed by atoms with Gasteiger partial charge in [0, 0.05) is 29.3 Å². The highest BCUT2D eigenvalue weighted by Gasteiger charge is 2.23. The van der Waals surface area contributed by atoms with E-state index >= 15 is 0 Å². The fourth-order valence-electron chi connectivity index (χ4n) is 2.74. The molecule has 1 atom stereocenters. The number of benzene rings is 1. The van der Waals surface area contributed by atoms with Gasteiger partial charge in [-0.15, -0.1) is 11.8 Å². The molecule has 1 aliphatic rings. The number of pyridine rings is 1. The number of ether oxygens (including phenoxy) is 1. The third-order valence-electron chi connectivity index (χ3n) is 4.06. The van der Waals surface area contributed by atoms with E-state index < -0.39 is 0 Å². The minimum absolute atomic E-state index is 0.0982. The van der Waals surface area contributed by atoms with Gasteiger partial charge in [-0.05, 0) is 49.2 Å². The Morgan fingerprint density at radius 3 is 2.80 bits per heavy atom. The first-order chi connectivity index (χ1) is 12.2. The molecule has 1 aromatic heterocycles. The molecule has 1 aromatic carbocycles. The Bertz CT molecular complexity index is 676. The number of rotatable bonds is 7. The summed E-state index contributed by atoms with van der Waals surface area (Å²) in [6.07, 6.45) is 3.96. The molecule has 1 aliphatic heterocycles. The number of hydrogen-bond acceptors (Lipinski definition) is 4. The van der Waals surface area contributed by atoms with Crippen molar-refractivity contribution in [1.82, 2.24) is 9.88 Å². The largest absolute Gasteiger partial charge is 0.376 e. The van der Waals surface area contributed by atoms with Gasteiger partial charge in [0.25, 0.3) is 0 Å².